The number of nitrogens with zero attached hydrogens (tertiary/aromatic N) is 1. The first-order chi connectivity index (χ1) is 9.24. The lowest BCUT2D eigenvalue weighted by atomic mass is 10.1. The fourth-order valence-corrected chi connectivity index (χ4v) is 2.64. The smallest absolute Gasteiger partial charge is 0.0786 e. The fraction of sp³-hybridized carbons (Fsp3) is 1.00. The molecule has 126 valence electrons. The molecule has 0 bridgehead atoms. The molecule has 0 saturated carbocycles. The summed E-state index contributed by atoms with van der Waals surface area (Å²) in [4.78, 5) is 0. The molecule has 0 aliphatic rings. The molecule has 0 heterocycles. The van der Waals surface area contributed by atoms with Crippen molar-refractivity contribution < 1.29 is 16.9 Å². The highest BCUT2D eigenvalue weighted by molar-refractivity contribution is 9.22. The van der Waals surface area contributed by atoms with Gasteiger partial charge in [0.15, 0.2) is 0 Å². The summed E-state index contributed by atoms with van der Waals surface area (Å²) < 4.78 is 1.42. The standard InChI is InChI=1S/C16H36N.BrCl.ClH/c1-5-9-13-17(14-10-6-2,15-11-7-3)16-12-8-4;1-2;/h5-16H2,1-4H3;;1H/q+1;;/p-1. The minimum atomic E-state index is 0. The number of hydrogen-bond acceptors (Lipinski definition) is 0. The Morgan fingerprint density at radius 1 is 0.600 bits per heavy atom. The van der Waals surface area contributed by atoms with Crippen LogP contribution in [0.5, 0.6) is 0 Å². The van der Waals surface area contributed by atoms with Crippen LogP contribution in [0.15, 0.2) is 0 Å². The van der Waals surface area contributed by atoms with Crippen LogP contribution in [-0.2, 0) is 0 Å². The van der Waals surface area contributed by atoms with E-state index in [2.05, 4.69) is 52.8 Å². The first-order valence-corrected chi connectivity index (χ1v) is 10.3. The van der Waals surface area contributed by atoms with Gasteiger partial charge in [0.25, 0.3) is 0 Å². The van der Waals surface area contributed by atoms with Gasteiger partial charge < -0.3 is 16.9 Å². The third-order valence-corrected chi connectivity index (χ3v) is 3.94. The Hall–Kier alpha value is 1.02. The van der Waals surface area contributed by atoms with Gasteiger partial charge in [-0.05, 0) is 35.8 Å². The van der Waals surface area contributed by atoms with Crippen molar-refractivity contribution in [2.45, 2.75) is 79.1 Å². The van der Waals surface area contributed by atoms with Crippen LogP contribution in [0.4, 0.5) is 0 Å². The van der Waals surface area contributed by atoms with Gasteiger partial charge in [-0.15, -0.1) is 0 Å². The molecular weight excluding hydrogens is 357 g/mol. The van der Waals surface area contributed by atoms with Crippen LogP contribution in [0.3, 0.4) is 0 Å². The second-order valence-electron chi connectivity index (χ2n) is 5.65. The van der Waals surface area contributed by atoms with Crippen LogP contribution in [0.25, 0.3) is 0 Å². The van der Waals surface area contributed by atoms with E-state index in [1.165, 1.54) is 82.0 Å². The monoisotopic (exact) mass is 391 g/mol. The topological polar surface area (TPSA) is 0 Å². The minimum absolute atomic E-state index is 0. The highest BCUT2D eigenvalue weighted by atomic mass is 79.9. The number of rotatable bonds is 12. The molecule has 0 spiro atoms. The summed E-state index contributed by atoms with van der Waals surface area (Å²) in [6.07, 6.45) is 11.1. The summed E-state index contributed by atoms with van der Waals surface area (Å²) in [5.74, 6) is 0. The number of hydrogen-bond donors (Lipinski definition) is 0. The molecule has 0 fully saturated rings. The van der Waals surface area contributed by atoms with E-state index in [4.69, 9.17) is 0 Å². The Kier molecular flexibility index (Phi) is 26.0. The highest BCUT2D eigenvalue weighted by Gasteiger charge is 2.24. The van der Waals surface area contributed by atoms with Gasteiger partial charge in [0.2, 0.25) is 0 Å². The van der Waals surface area contributed by atoms with Crippen LogP contribution in [0, 0.1) is 0 Å². The molecule has 0 N–H and O–H groups in total. The zero-order valence-corrected chi connectivity index (χ0v) is 17.2. The minimum Gasteiger partial charge on any atom is -1.00 e. The molecule has 0 saturated heterocycles. The second kappa shape index (κ2) is 20.0. The van der Waals surface area contributed by atoms with E-state index in [1.54, 1.807) is 0 Å². The maximum Gasteiger partial charge on any atom is 0.0786 e. The van der Waals surface area contributed by atoms with Gasteiger partial charge in [-0.1, -0.05) is 53.4 Å². The normalized spacial score (nSPS) is 10.5. The number of quaternary nitrogens is 1. The zero-order chi connectivity index (χ0) is 15.0. The van der Waals surface area contributed by atoms with E-state index in [9.17, 15) is 0 Å². The molecule has 0 unspecified atom stereocenters. The molecular formula is C16H36BrCl2N. The molecule has 0 aromatic heterocycles. The maximum atomic E-state index is 4.45. The summed E-state index contributed by atoms with van der Waals surface area (Å²) in [6, 6.07) is 0. The summed E-state index contributed by atoms with van der Waals surface area (Å²) in [5.41, 5.74) is 0. The van der Waals surface area contributed by atoms with E-state index in [0.29, 0.717) is 0 Å². The average Bonchev–Trinajstić information content (AvgIpc) is 2.48. The fourth-order valence-electron chi connectivity index (χ4n) is 2.64. The highest BCUT2D eigenvalue weighted by Crippen LogP contribution is 2.16. The Morgan fingerprint density at radius 3 is 0.950 bits per heavy atom. The third-order valence-electron chi connectivity index (χ3n) is 3.94. The van der Waals surface area contributed by atoms with Crippen molar-refractivity contribution in [3.05, 3.63) is 0 Å². The maximum absolute atomic E-state index is 4.45. The van der Waals surface area contributed by atoms with Gasteiger partial charge in [-0.3, -0.25) is 0 Å². The molecule has 0 amide bonds. The van der Waals surface area contributed by atoms with Gasteiger partial charge >= 0.3 is 0 Å². The molecule has 0 aromatic carbocycles. The quantitative estimate of drug-likeness (QED) is 0.445. The van der Waals surface area contributed by atoms with Gasteiger partial charge in [-0.2, -0.15) is 0 Å². The molecule has 4 heteroatoms. The predicted molar refractivity (Wildman–Crippen MR) is 94.1 cm³/mol. The first-order valence-electron chi connectivity index (χ1n) is 8.24. The molecule has 0 aliphatic carbocycles. The molecule has 1 nitrogen and oxygen atoms in total. The van der Waals surface area contributed by atoms with Crippen molar-refractivity contribution in [2.24, 2.45) is 0 Å². The Morgan fingerprint density at radius 2 is 0.800 bits per heavy atom. The summed E-state index contributed by atoms with van der Waals surface area (Å²) in [6.45, 7) is 15.0. The Labute approximate surface area is 147 Å². The van der Waals surface area contributed by atoms with Crippen molar-refractivity contribution in [1.29, 1.82) is 0 Å². The largest absolute Gasteiger partial charge is 1.00 e. The second-order valence-corrected chi connectivity index (χ2v) is 5.65. The van der Waals surface area contributed by atoms with Crippen molar-refractivity contribution in [3.63, 3.8) is 0 Å². The Balaban J connectivity index is -0.000000916. The number of unbranched alkanes of at least 4 members (excludes halogenated alkanes) is 4. The first kappa shape index (κ1) is 25.9. The lowest BCUT2D eigenvalue weighted by Crippen LogP contribution is -3.00. The van der Waals surface area contributed by atoms with Crippen molar-refractivity contribution in [3.8, 4) is 0 Å². The molecule has 0 radical (unpaired) electrons. The van der Waals surface area contributed by atoms with E-state index < -0.39 is 0 Å². The summed E-state index contributed by atoms with van der Waals surface area (Å²) in [7, 11) is 4.45. The van der Waals surface area contributed by atoms with Crippen molar-refractivity contribution >= 4 is 25.1 Å². The average molecular weight is 393 g/mol. The van der Waals surface area contributed by atoms with Crippen molar-refractivity contribution in [2.75, 3.05) is 26.2 Å². The SMILES string of the molecule is CCCC[N+](CCCC)(CCCC)CCCC.ClBr.[Cl-]. The third kappa shape index (κ3) is 14.0. The summed E-state index contributed by atoms with van der Waals surface area (Å²) >= 11 is 2.41. The van der Waals surface area contributed by atoms with Gasteiger partial charge in [0, 0.05) is 15.0 Å². The van der Waals surface area contributed by atoms with Gasteiger partial charge in [0.1, 0.15) is 0 Å². The van der Waals surface area contributed by atoms with E-state index in [-0.39, 0.29) is 12.4 Å². The molecule has 0 rings (SSSR count). The lowest BCUT2D eigenvalue weighted by molar-refractivity contribution is -0.929. The van der Waals surface area contributed by atoms with Crippen molar-refractivity contribution in [1.82, 2.24) is 0 Å². The van der Waals surface area contributed by atoms with Crippen LogP contribution >= 0.6 is 25.1 Å². The molecule has 0 aliphatic heterocycles. The van der Waals surface area contributed by atoms with Gasteiger partial charge in [-0.25, -0.2) is 0 Å². The van der Waals surface area contributed by atoms with Crippen LogP contribution in [-0.4, -0.2) is 30.7 Å². The molecule has 20 heavy (non-hydrogen) atoms. The van der Waals surface area contributed by atoms with E-state index in [0.717, 1.165) is 0 Å². The molecule has 0 atom stereocenters. The number of halogens is 3. The summed E-state index contributed by atoms with van der Waals surface area (Å²) in [5, 5.41) is 0. The van der Waals surface area contributed by atoms with Crippen LogP contribution < -0.4 is 12.4 Å². The van der Waals surface area contributed by atoms with Crippen LogP contribution in [0.1, 0.15) is 79.1 Å². The van der Waals surface area contributed by atoms with E-state index in [1.807, 2.05) is 0 Å². The lowest BCUT2D eigenvalue weighted by Gasteiger charge is -2.39. The van der Waals surface area contributed by atoms with Crippen LogP contribution in [0.2, 0.25) is 0 Å². The zero-order valence-electron chi connectivity index (χ0n) is 14.1. The van der Waals surface area contributed by atoms with Gasteiger partial charge in [0.05, 0.1) is 26.2 Å². The Bertz CT molecular complexity index is 131. The van der Waals surface area contributed by atoms with E-state index >= 15 is 0 Å². The predicted octanol–water partition coefficient (Wildman–Crippen LogP) is 3.54. The molecule has 0 aromatic rings.